The monoisotopic (exact) mass is 379 g/mol. The van der Waals surface area contributed by atoms with Gasteiger partial charge in [0.05, 0.1) is 24.0 Å². The Kier molecular flexibility index (Phi) is 5.43. The van der Waals surface area contributed by atoms with E-state index >= 15 is 0 Å². The lowest BCUT2D eigenvalue weighted by atomic mass is 10.1. The van der Waals surface area contributed by atoms with Crippen LogP contribution in [0.25, 0.3) is 0 Å². The predicted molar refractivity (Wildman–Crippen MR) is 98.5 cm³/mol. The Labute approximate surface area is 155 Å². The number of alkyl halides is 3. The van der Waals surface area contributed by atoms with Gasteiger partial charge in [-0.3, -0.25) is 0 Å². The van der Waals surface area contributed by atoms with Crippen molar-refractivity contribution in [3.63, 3.8) is 0 Å². The molecule has 0 aliphatic carbocycles. The number of urea groups is 1. The number of carbonyl (C=O) groups is 1. The Balaban J connectivity index is 1.83. The van der Waals surface area contributed by atoms with Crippen molar-refractivity contribution in [2.24, 2.45) is 0 Å². The topological polar surface area (TPSA) is 53.6 Å². The zero-order valence-electron chi connectivity index (χ0n) is 14.8. The fraction of sp³-hybridized carbons (Fsp3) is 0.316. The first-order valence-electron chi connectivity index (χ1n) is 8.55. The lowest BCUT2D eigenvalue weighted by molar-refractivity contribution is -0.137. The summed E-state index contributed by atoms with van der Waals surface area (Å²) in [7, 11) is 1.50. The van der Waals surface area contributed by atoms with Crippen molar-refractivity contribution >= 4 is 23.1 Å². The minimum absolute atomic E-state index is 0.132. The van der Waals surface area contributed by atoms with Gasteiger partial charge in [-0.2, -0.15) is 13.2 Å². The van der Waals surface area contributed by atoms with Crippen LogP contribution in [0.5, 0.6) is 5.75 Å². The molecule has 2 amide bonds. The molecule has 3 rings (SSSR count). The minimum atomic E-state index is -4.48. The van der Waals surface area contributed by atoms with Crippen LogP contribution in [-0.2, 0) is 6.18 Å². The summed E-state index contributed by atoms with van der Waals surface area (Å²) in [5.74, 6) is 0.560. The first-order chi connectivity index (χ1) is 12.9. The van der Waals surface area contributed by atoms with Crippen molar-refractivity contribution in [1.82, 2.24) is 0 Å². The molecule has 0 bridgehead atoms. The van der Waals surface area contributed by atoms with Gasteiger partial charge < -0.3 is 20.3 Å². The van der Waals surface area contributed by atoms with Crippen LogP contribution in [0, 0.1) is 0 Å². The minimum Gasteiger partial charge on any atom is -0.497 e. The number of carbonyl (C=O) groups excluding carboxylic acids is 1. The van der Waals surface area contributed by atoms with Crippen molar-refractivity contribution < 1.29 is 22.7 Å². The highest BCUT2D eigenvalue weighted by molar-refractivity contribution is 6.02. The van der Waals surface area contributed by atoms with E-state index in [1.807, 2.05) is 4.90 Å². The van der Waals surface area contributed by atoms with Gasteiger partial charge in [-0.25, -0.2) is 4.79 Å². The lowest BCUT2D eigenvalue weighted by Gasteiger charge is -2.23. The highest BCUT2D eigenvalue weighted by atomic mass is 19.4. The molecule has 0 atom stereocenters. The van der Waals surface area contributed by atoms with Crippen LogP contribution in [0.4, 0.5) is 35.0 Å². The molecule has 1 fully saturated rings. The number of hydrogen-bond acceptors (Lipinski definition) is 3. The Morgan fingerprint density at radius 1 is 1.07 bits per heavy atom. The molecule has 144 valence electrons. The van der Waals surface area contributed by atoms with Crippen LogP contribution < -0.4 is 20.3 Å². The largest absolute Gasteiger partial charge is 0.497 e. The van der Waals surface area contributed by atoms with Crippen LogP contribution in [0.3, 0.4) is 0 Å². The zero-order chi connectivity index (χ0) is 19.4. The maximum Gasteiger partial charge on any atom is 0.416 e. The van der Waals surface area contributed by atoms with Gasteiger partial charge in [0.25, 0.3) is 0 Å². The number of nitrogens with zero attached hydrogens (tertiary/aromatic N) is 1. The summed E-state index contributed by atoms with van der Waals surface area (Å²) < 4.78 is 44.4. The van der Waals surface area contributed by atoms with Gasteiger partial charge in [-0.1, -0.05) is 6.07 Å². The maximum absolute atomic E-state index is 13.1. The fourth-order valence-corrected chi connectivity index (χ4v) is 3.03. The molecule has 2 N–H and O–H groups in total. The molecule has 0 radical (unpaired) electrons. The Morgan fingerprint density at radius 2 is 1.81 bits per heavy atom. The zero-order valence-corrected chi connectivity index (χ0v) is 14.8. The van der Waals surface area contributed by atoms with Crippen LogP contribution in [0.2, 0.25) is 0 Å². The van der Waals surface area contributed by atoms with Crippen LogP contribution in [0.1, 0.15) is 18.4 Å². The highest BCUT2D eigenvalue weighted by Crippen LogP contribution is 2.36. The Hall–Kier alpha value is -2.90. The first-order valence-corrected chi connectivity index (χ1v) is 8.55. The Morgan fingerprint density at radius 3 is 2.48 bits per heavy atom. The molecule has 1 heterocycles. The molecule has 2 aromatic carbocycles. The average Bonchev–Trinajstić information content (AvgIpc) is 3.15. The van der Waals surface area contributed by atoms with E-state index in [2.05, 4.69) is 10.6 Å². The summed E-state index contributed by atoms with van der Waals surface area (Å²) in [6.45, 7) is 1.50. The summed E-state index contributed by atoms with van der Waals surface area (Å²) in [5.41, 5.74) is 0.386. The number of benzene rings is 2. The van der Waals surface area contributed by atoms with Crippen LogP contribution >= 0.6 is 0 Å². The number of amides is 2. The van der Waals surface area contributed by atoms with Crippen molar-refractivity contribution in [3.05, 3.63) is 48.0 Å². The molecule has 8 heteroatoms. The molecule has 0 unspecified atom stereocenters. The number of nitrogens with one attached hydrogen (secondary N) is 2. The number of hydrogen-bond donors (Lipinski definition) is 2. The molecule has 27 heavy (non-hydrogen) atoms. The van der Waals surface area contributed by atoms with E-state index in [4.69, 9.17) is 4.74 Å². The van der Waals surface area contributed by atoms with E-state index in [0.29, 0.717) is 17.1 Å². The molecular weight excluding hydrogens is 359 g/mol. The van der Waals surface area contributed by atoms with E-state index in [-0.39, 0.29) is 5.69 Å². The molecule has 5 nitrogen and oxygen atoms in total. The van der Waals surface area contributed by atoms with E-state index in [1.165, 1.54) is 13.2 Å². The lowest BCUT2D eigenvalue weighted by Crippen LogP contribution is -2.24. The third kappa shape index (κ3) is 4.64. The van der Waals surface area contributed by atoms with Gasteiger partial charge in [-0.15, -0.1) is 0 Å². The molecular formula is C19H20F3N3O2. The highest BCUT2D eigenvalue weighted by Gasteiger charge is 2.32. The van der Waals surface area contributed by atoms with Gasteiger partial charge in [0, 0.05) is 24.8 Å². The molecule has 2 aromatic rings. The molecule has 1 aliphatic heterocycles. The number of anilines is 3. The van der Waals surface area contributed by atoms with Crippen LogP contribution in [-0.4, -0.2) is 26.2 Å². The van der Waals surface area contributed by atoms with Crippen molar-refractivity contribution in [3.8, 4) is 5.75 Å². The number of ether oxygens (including phenoxy) is 1. The maximum atomic E-state index is 13.1. The molecule has 0 aromatic heterocycles. The van der Waals surface area contributed by atoms with Gasteiger partial charge in [-0.05, 0) is 43.2 Å². The number of halogens is 3. The van der Waals surface area contributed by atoms with Crippen LogP contribution in [0.15, 0.2) is 42.5 Å². The van der Waals surface area contributed by atoms with E-state index < -0.39 is 17.8 Å². The second kappa shape index (κ2) is 7.77. The number of rotatable bonds is 4. The van der Waals surface area contributed by atoms with Gasteiger partial charge >= 0.3 is 12.2 Å². The quantitative estimate of drug-likeness (QED) is 0.790. The number of methoxy groups -OCH3 is 1. The van der Waals surface area contributed by atoms with E-state index in [9.17, 15) is 18.0 Å². The summed E-state index contributed by atoms with van der Waals surface area (Å²) in [4.78, 5) is 14.3. The molecule has 1 aliphatic rings. The second-order valence-electron chi connectivity index (χ2n) is 6.23. The van der Waals surface area contributed by atoms with E-state index in [1.54, 1.807) is 24.3 Å². The summed E-state index contributed by atoms with van der Waals surface area (Å²) >= 11 is 0. The SMILES string of the molecule is COc1cccc(NC(=O)Nc2cc(C(F)(F)F)ccc2N2CCCC2)c1. The molecule has 0 spiro atoms. The van der Waals surface area contributed by atoms with Gasteiger partial charge in [0.15, 0.2) is 0 Å². The van der Waals surface area contributed by atoms with Gasteiger partial charge in [0.1, 0.15) is 5.75 Å². The third-order valence-corrected chi connectivity index (χ3v) is 4.35. The predicted octanol–water partition coefficient (Wildman–Crippen LogP) is 4.96. The van der Waals surface area contributed by atoms with Crippen molar-refractivity contribution in [2.45, 2.75) is 19.0 Å². The summed E-state index contributed by atoms with van der Waals surface area (Å²) in [6.07, 6.45) is -2.55. The summed E-state index contributed by atoms with van der Waals surface area (Å²) in [6, 6.07) is 9.51. The normalized spacial score (nSPS) is 14.1. The van der Waals surface area contributed by atoms with E-state index in [0.717, 1.165) is 38.1 Å². The second-order valence-corrected chi connectivity index (χ2v) is 6.23. The third-order valence-electron chi connectivity index (χ3n) is 4.35. The van der Waals surface area contributed by atoms with Crippen molar-refractivity contribution in [2.75, 3.05) is 35.7 Å². The smallest absolute Gasteiger partial charge is 0.416 e. The summed E-state index contributed by atoms with van der Waals surface area (Å²) in [5, 5.41) is 5.16. The van der Waals surface area contributed by atoms with Crippen molar-refractivity contribution in [1.29, 1.82) is 0 Å². The van der Waals surface area contributed by atoms with Gasteiger partial charge in [0.2, 0.25) is 0 Å². The first kappa shape index (κ1) is 18.9. The Bertz CT molecular complexity index is 818. The fourth-order valence-electron chi connectivity index (χ4n) is 3.03. The molecule has 0 saturated carbocycles. The standard InChI is InChI=1S/C19H20F3N3O2/c1-27-15-6-4-5-14(12-15)23-18(26)24-16-11-13(19(20,21)22)7-8-17(16)25-9-2-3-10-25/h4-8,11-12H,2-3,9-10H2,1H3,(H2,23,24,26). The molecule has 1 saturated heterocycles. The average molecular weight is 379 g/mol.